The highest BCUT2D eigenvalue weighted by molar-refractivity contribution is 5.84. The molecule has 2 atom stereocenters. The molecule has 1 aromatic rings. The second-order valence-corrected chi connectivity index (χ2v) is 4.20. The van der Waals surface area contributed by atoms with Crippen LogP contribution in [0, 0.1) is 0 Å². The molecule has 1 aliphatic carbocycles. The molecule has 84 valence electrons. The molecule has 0 amide bonds. The summed E-state index contributed by atoms with van der Waals surface area (Å²) in [6.07, 6.45) is 4.80. The van der Waals surface area contributed by atoms with Gasteiger partial charge in [0.2, 0.25) is 0 Å². The van der Waals surface area contributed by atoms with Gasteiger partial charge in [-0.25, -0.2) is 0 Å². The van der Waals surface area contributed by atoms with Crippen LogP contribution in [0.25, 0.3) is 0 Å². The molecule has 16 heavy (non-hydrogen) atoms. The number of aliphatic carboxylic acids is 1. The van der Waals surface area contributed by atoms with Crippen LogP contribution in [0.3, 0.4) is 0 Å². The summed E-state index contributed by atoms with van der Waals surface area (Å²) in [5.41, 5.74) is 5.69. The van der Waals surface area contributed by atoms with Crippen molar-refractivity contribution >= 4 is 5.97 Å². The van der Waals surface area contributed by atoms with Crippen molar-refractivity contribution in [3.63, 3.8) is 0 Å². The summed E-state index contributed by atoms with van der Waals surface area (Å²) in [5, 5.41) is 9.44. The van der Waals surface area contributed by atoms with Gasteiger partial charge in [0.1, 0.15) is 5.41 Å². The van der Waals surface area contributed by atoms with Gasteiger partial charge in [0.15, 0.2) is 0 Å². The summed E-state index contributed by atoms with van der Waals surface area (Å²) < 4.78 is 0. The maximum Gasteiger partial charge on any atom is 0.318 e. The first-order valence-electron chi connectivity index (χ1n) is 5.39. The number of rotatable bonds is 2. The molecule has 2 unspecified atom stereocenters. The maximum atomic E-state index is 11.5. The van der Waals surface area contributed by atoms with Gasteiger partial charge >= 0.3 is 5.97 Å². The summed E-state index contributed by atoms with van der Waals surface area (Å²) >= 11 is 0. The van der Waals surface area contributed by atoms with Gasteiger partial charge in [-0.1, -0.05) is 42.5 Å². The average Bonchev–Trinajstić information content (AvgIpc) is 2.31. The summed E-state index contributed by atoms with van der Waals surface area (Å²) in [5.74, 6) is -0.804. The van der Waals surface area contributed by atoms with Crippen LogP contribution in [-0.2, 0) is 10.2 Å². The fraction of sp³-hybridized carbons (Fsp3) is 0.308. The molecule has 1 aromatic carbocycles. The van der Waals surface area contributed by atoms with Gasteiger partial charge < -0.3 is 10.8 Å². The van der Waals surface area contributed by atoms with E-state index >= 15 is 0 Å². The van der Waals surface area contributed by atoms with Gasteiger partial charge in [-0.15, -0.1) is 0 Å². The third-order valence-electron chi connectivity index (χ3n) is 3.17. The van der Waals surface area contributed by atoms with E-state index < -0.39 is 11.4 Å². The van der Waals surface area contributed by atoms with Crippen molar-refractivity contribution in [2.75, 3.05) is 0 Å². The molecule has 0 bridgehead atoms. The Hall–Kier alpha value is -1.61. The Kier molecular flexibility index (Phi) is 2.79. The molecular weight excluding hydrogens is 202 g/mol. The summed E-state index contributed by atoms with van der Waals surface area (Å²) in [6, 6.07) is 9.31. The molecule has 0 spiro atoms. The number of hydrogen-bond acceptors (Lipinski definition) is 2. The highest BCUT2D eigenvalue weighted by atomic mass is 16.4. The standard InChI is InChI=1S/C13H15NO2/c14-11-6-8-13(9-7-11,12(15)16)10-4-2-1-3-5-10/h1-6,8,11H,7,9,14H2,(H,15,16). The van der Waals surface area contributed by atoms with E-state index in [2.05, 4.69) is 0 Å². The van der Waals surface area contributed by atoms with Crippen molar-refractivity contribution in [3.8, 4) is 0 Å². The summed E-state index contributed by atoms with van der Waals surface area (Å²) in [7, 11) is 0. The van der Waals surface area contributed by atoms with Crippen LogP contribution in [0.15, 0.2) is 42.5 Å². The molecule has 3 heteroatoms. The van der Waals surface area contributed by atoms with Crippen molar-refractivity contribution in [2.24, 2.45) is 5.73 Å². The number of carbonyl (C=O) groups is 1. The predicted octanol–water partition coefficient (Wildman–Crippen LogP) is 1.69. The highest BCUT2D eigenvalue weighted by Crippen LogP contribution is 2.34. The molecule has 0 fully saturated rings. The molecule has 0 radical (unpaired) electrons. The minimum atomic E-state index is -0.892. The molecule has 0 saturated heterocycles. The third-order valence-corrected chi connectivity index (χ3v) is 3.17. The first-order chi connectivity index (χ1) is 7.65. The zero-order chi connectivity index (χ0) is 11.6. The minimum Gasteiger partial charge on any atom is -0.480 e. The van der Waals surface area contributed by atoms with Gasteiger partial charge in [-0.3, -0.25) is 4.79 Å². The molecule has 0 aliphatic heterocycles. The average molecular weight is 217 g/mol. The van der Waals surface area contributed by atoms with Crippen molar-refractivity contribution < 1.29 is 9.90 Å². The van der Waals surface area contributed by atoms with E-state index in [1.807, 2.05) is 30.3 Å². The molecule has 0 heterocycles. The Morgan fingerprint density at radius 3 is 2.56 bits per heavy atom. The quantitative estimate of drug-likeness (QED) is 0.741. The summed E-state index contributed by atoms with van der Waals surface area (Å²) in [4.78, 5) is 11.5. The Morgan fingerprint density at radius 1 is 1.38 bits per heavy atom. The largest absolute Gasteiger partial charge is 0.480 e. The minimum absolute atomic E-state index is 0.0174. The van der Waals surface area contributed by atoms with E-state index in [0.717, 1.165) is 5.56 Å². The van der Waals surface area contributed by atoms with Crippen molar-refractivity contribution in [3.05, 3.63) is 48.0 Å². The lowest BCUT2D eigenvalue weighted by molar-refractivity contribution is -0.142. The lowest BCUT2D eigenvalue weighted by Crippen LogP contribution is -2.39. The molecule has 3 N–H and O–H groups in total. The molecule has 0 saturated carbocycles. The zero-order valence-corrected chi connectivity index (χ0v) is 8.97. The number of carboxylic acids is 1. The van der Waals surface area contributed by atoms with Gasteiger partial charge in [-0.2, -0.15) is 0 Å². The normalized spacial score (nSPS) is 28.9. The predicted molar refractivity (Wildman–Crippen MR) is 62.1 cm³/mol. The lowest BCUT2D eigenvalue weighted by atomic mass is 9.72. The molecule has 1 aliphatic rings. The van der Waals surface area contributed by atoms with Crippen molar-refractivity contribution in [1.29, 1.82) is 0 Å². The van der Waals surface area contributed by atoms with Gasteiger partial charge in [0.25, 0.3) is 0 Å². The highest BCUT2D eigenvalue weighted by Gasteiger charge is 2.39. The molecule has 3 nitrogen and oxygen atoms in total. The van der Waals surface area contributed by atoms with Gasteiger partial charge in [-0.05, 0) is 18.4 Å². The molecule has 0 aromatic heterocycles. The third kappa shape index (κ3) is 1.74. The Labute approximate surface area is 94.6 Å². The van der Waals surface area contributed by atoms with E-state index in [4.69, 9.17) is 5.73 Å². The van der Waals surface area contributed by atoms with E-state index in [1.165, 1.54) is 0 Å². The molecule has 2 rings (SSSR count). The lowest BCUT2D eigenvalue weighted by Gasteiger charge is -2.31. The van der Waals surface area contributed by atoms with E-state index in [1.54, 1.807) is 12.2 Å². The fourth-order valence-corrected chi connectivity index (χ4v) is 2.14. The number of hydrogen-bond donors (Lipinski definition) is 2. The Morgan fingerprint density at radius 2 is 2.06 bits per heavy atom. The van der Waals surface area contributed by atoms with Crippen molar-refractivity contribution in [1.82, 2.24) is 0 Å². The van der Waals surface area contributed by atoms with E-state index in [9.17, 15) is 9.90 Å². The second-order valence-electron chi connectivity index (χ2n) is 4.20. The van der Waals surface area contributed by atoms with Crippen molar-refractivity contribution in [2.45, 2.75) is 24.3 Å². The number of benzene rings is 1. The van der Waals surface area contributed by atoms with E-state index in [0.29, 0.717) is 12.8 Å². The summed E-state index contributed by atoms with van der Waals surface area (Å²) in [6.45, 7) is 0. The van der Waals surface area contributed by atoms with Gasteiger partial charge in [0.05, 0.1) is 0 Å². The fourth-order valence-electron chi connectivity index (χ4n) is 2.14. The maximum absolute atomic E-state index is 11.5. The smallest absolute Gasteiger partial charge is 0.318 e. The van der Waals surface area contributed by atoms with Crippen LogP contribution < -0.4 is 5.73 Å². The van der Waals surface area contributed by atoms with E-state index in [-0.39, 0.29) is 6.04 Å². The van der Waals surface area contributed by atoms with Crippen LogP contribution in [0.1, 0.15) is 18.4 Å². The zero-order valence-electron chi connectivity index (χ0n) is 8.97. The first kappa shape index (κ1) is 10.9. The first-order valence-corrected chi connectivity index (χ1v) is 5.39. The Balaban J connectivity index is 2.46. The molecular formula is C13H15NO2. The SMILES string of the molecule is NC1C=CC(C(=O)O)(c2ccccc2)CC1. The Bertz CT molecular complexity index is 413. The van der Waals surface area contributed by atoms with Gasteiger partial charge in [0, 0.05) is 6.04 Å². The second kappa shape index (κ2) is 4.10. The van der Waals surface area contributed by atoms with Crippen LogP contribution in [0.2, 0.25) is 0 Å². The topological polar surface area (TPSA) is 63.3 Å². The van der Waals surface area contributed by atoms with Crippen LogP contribution in [0.5, 0.6) is 0 Å². The van der Waals surface area contributed by atoms with Crippen LogP contribution >= 0.6 is 0 Å². The number of carboxylic acid groups (broad SMARTS) is 1. The van der Waals surface area contributed by atoms with Crippen LogP contribution in [0.4, 0.5) is 0 Å². The monoisotopic (exact) mass is 217 g/mol. The van der Waals surface area contributed by atoms with Crippen LogP contribution in [-0.4, -0.2) is 17.1 Å². The number of nitrogens with two attached hydrogens (primary N) is 1.